The molecule has 0 saturated heterocycles. The van der Waals surface area contributed by atoms with Crippen molar-refractivity contribution < 1.29 is 26.9 Å². The second kappa shape index (κ2) is 3.39. The molecule has 0 aliphatic rings. The van der Waals surface area contributed by atoms with Gasteiger partial charge in [0.1, 0.15) is 6.20 Å². The van der Waals surface area contributed by atoms with Crippen LogP contribution in [0.25, 0.3) is 0 Å². The summed E-state index contributed by atoms with van der Waals surface area (Å²) in [5.74, 6) is -5.35. The summed E-state index contributed by atoms with van der Waals surface area (Å²) in [6, 6.07) is 0. The van der Waals surface area contributed by atoms with Gasteiger partial charge in [-0.1, -0.05) is 0 Å². The van der Waals surface area contributed by atoms with Crippen molar-refractivity contribution in [2.45, 2.75) is 12.1 Å². The zero-order valence-electron chi connectivity index (χ0n) is 7.63. The van der Waals surface area contributed by atoms with Crippen molar-refractivity contribution in [1.82, 2.24) is 9.78 Å². The van der Waals surface area contributed by atoms with Crippen LogP contribution in [0.5, 0.6) is 0 Å². The molecule has 90 valence electrons. The van der Waals surface area contributed by atoms with Crippen LogP contribution in [0.3, 0.4) is 0 Å². The van der Waals surface area contributed by atoms with Gasteiger partial charge in [-0.25, -0.2) is 0 Å². The van der Waals surface area contributed by atoms with E-state index < -0.39 is 28.4 Å². The third-order valence-corrected chi connectivity index (χ3v) is 1.66. The van der Waals surface area contributed by atoms with Gasteiger partial charge in [0.2, 0.25) is 5.69 Å². The minimum Gasteiger partial charge on any atom is -0.268 e. The van der Waals surface area contributed by atoms with Gasteiger partial charge in [0.25, 0.3) is 0 Å². The maximum absolute atomic E-state index is 12.8. The molecule has 0 fully saturated rings. The molecule has 0 aromatic carbocycles. The predicted octanol–water partition coefficient (Wildman–Crippen LogP) is 1.98. The lowest BCUT2D eigenvalue weighted by molar-refractivity contribution is -0.390. The predicted molar refractivity (Wildman–Crippen MR) is 39.8 cm³/mol. The maximum Gasteiger partial charge on any atom is 0.460 e. The Hall–Kier alpha value is -1.74. The SMILES string of the molecule is Cn1cc([N+](=O)[O-])c(C(F)(F)C(F)(F)F)n1. The van der Waals surface area contributed by atoms with Gasteiger partial charge in [-0.15, -0.1) is 0 Å². The van der Waals surface area contributed by atoms with Crippen molar-refractivity contribution in [3.05, 3.63) is 22.0 Å². The molecule has 0 spiro atoms. The smallest absolute Gasteiger partial charge is 0.268 e. The molecule has 0 unspecified atom stereocenters. The molecule has 1 rings (SSSR count). The van der Waals surface area contributed by atoms with Crippen LogP contribution in [-0.4, -0.2) is 20.9 Å². The summed E-state index contributed by atoms with van der Waals surface area (Å²) < 4.78 is 62.0. The number of aromatic nitrogens is 2. The zero-order valence-corrected chi connectivity index (χ0v) is 7.63. The molecule has 0 atom stereocenters. The first-order chi connectivity index (χ1) is 7.07. The van der Waals surface area contributed by atoms with Crippen LogP contribution in [0.15, 0.2) is 6.20 Å². The van der Waals surface area contributed by atoms with E-state index in [9.17, 15) is 32.1 Å². The fraction of sp³-hybridized carbons (Fsp3) is 0.500. The maximum atomic E-state index is 12.8. The lowest BCUT2D eigenvalue weighted by Gasteiger charge is -2.16. The Morgan fingerprint density at radius 1 is 1.38 bits per heavy atom. The number of hydrogen-bond acceptors (Lipinski definition) is 3. The normalized spacial score (nSPS) is 12.9. The third kappa shape index (κ3) is 1.82. The summed E-state index contributed by atoms with van der Waals surface area (Å²) in [7, 11) is 1.00. The largest absolute Gasteiger partial charge is 0.460 e. The molecule has 5 nitrogen and oxygen atoms in total. The Labute approximate surface area is 84.6 Å². The van der Waals surface area contributed by atoms with Crippen molar-refractivity contribution in [2.75, 3.05) is 0 Å². The highest BCUT2D eigenvalue weighted by Crippen LogP contribution is 2.45. The second-order valence-electron chi connectivity index (χ2n) is 2.87. The molecule has 0 bridgehead atoms. The molecule has 0 amide bonds. The van der Waals surface area contributed by atoms with E-state index in [1.54, 1.807) is 0 Å². The monoisotopic (exact) mass is 245 g/mol. The number of aryl methyl sites for hydroxylation is 1. The van der Waals surface area contributed by atoms with Crippen LogP contribution in [0.1, 0.15) is 5.69 Å². The van der Waals surface area contributed by atoms with Gasteiger partial charge in [-0.3, -0.25) is 14.8 Å². The molecule has 0 saturated carbocycles. The van der Waals surface area contributed by atoms with Gasteiger partial charge in [-0.2, -0.15) is 27.1 Å². The summed E-state index contributed by atoms with van der Waals surface area (Å²) in [4.78, 5) is 8.92. The van der Waals surface area contributed by atoms with Crippen LogP contribution >= 0.6 is 0 Å². The first kappa shape index (κ1) is 12.3. The number of halogens is 5. The minimum absolute atomic E-state index is 0.481. The quantitative estimate of drug-likeness (QED) is 0.454. The van der Waals surface area contributed by atoms with Gasteiger partial charge >= 0.3 is 17.8 Å². The Balaban J connectivity index is 3.38. The van der Waals surface area contributed by atoms with Crippen LogP contribution < -0.4 is 0 Å². The molecule has 0 aliphatic heterocycles. The fourth-order valence-electron chi connectivity index (χ4n) is 0.967. The van der Waals surface area contributed by atoms with Gasteiger partial charge in [0.15, 0.2) is 0 Å². The highest BCUT2D eigenvalue weighted by atomic mass is 19.4. The van der Waals surface area contributed by atoms with Crippen LogP contribution in [0.4, 0.5) is 27.6 Å². The van der Waals surface area contributed by atoms with E-state index in [0.29, 0.717) is 10.9 Å². The third-order valence-electron chi connectivity index (χ3n) is 1.66. The first-order valence-electron chi connectivity index (χ1n) is 3.70. The standard InChI is InChI=1S/C6H4F5N3O2/c1-13-2-3(14(15)16)4(12-13)5(7,8)6(9,10)11/h2H,1H3. The number of nitro groups is 1. The summed E-state index contributed by atoms with van der Waals surface area (Å²) in [6.07, 6.45) is -5.44. The van der Waals surface area contributed by atoms with Crippen molar-refractivity contribution in [1.29, 1.82) is 0 Å². The average molecular weight is 245 g/mol. The van der Waals surface area contributed by atoms with E-state index in [4.69, 9.17) is 0 Å². The minimum atomic E-state index is -5.92. The Bertz CT molecular complexity index is 424. The van der Waals surface area contributed by atoms with Crippen LogP contribution in [0, 0.1) is 10.1 Å². The summed E-state index contributed by atoms with van der Waals surface area (Å²) in [6.45, 7) is 0. The molecule has 1 aromatic rings. The number of hydrogen-bond donors (Lipinski definition) is 0. The molecule has 1 aromatic heterocycles. The van der Waals surface area contributed by atoms with E-state index in [-0.39, 0.29) is 0 Å². The van der Waals surface area contributed by atoms with Crippen molar-refractivity contribution in [2.24, 2.45) is 7.05 Å². The van der Waals surface area contributed by atoms with Crippen LogP contribution in [-0.2, 0) is 13.0 Å². The topological polar surface area (TPSA) is 61.0 Å². The van der Waals surface area contributed by atoms with Crippen molar-refractivity contribution >= 4 is 5.69 Å². The summed E-state index contributed by atoms with van der Waals surface area (Å²) >= 11 is 0. The van der Waals surface area contributed by atoms with E-state index in [1.165, 1.54) is 0 Å². The molecule has 0 radical (unpaired) electrons. The first-order valence-corrected chi connectivity index (χ1v) is 3.70. The summed E-state index contributed by atoms with van der Waals surface area (Å²) in [5, 5.41) is 13.0. The lowest BCUT2D eigenvalue weighted by Crippen LogP contribution is -2.34. The zero-order chi connectivity index (χ0) is 12.7. The highest BCUT2D eigenvalue weighted by molar-refractivity contribution is 5.36. The Morgan fingerprint density at radius 2 is 1.88 bits per heavy atom. The molecule has 1 heterocycles. The second-order valence-corrected chi connectivity index (χ2v) is 2.87. The molecular weight excluding hydrogens is 241 g/mol. The Kier molecular flexibility index (Phi) is 2.61. The van der Waals surface area contributed by atoms with E-state index in [1.807, 2.05) is 0 Å². The number of rotatable bonds is 2. The summed E-state index contributed by atoms with van der Waals surface area (Å²) in [5.41, 5.74) is -3.28. The van der Waals surface area contributed by atoms with Gasteiger partial charge in [0, 0.05) is 7.05 Å². The van der Waals surface area contributed by atoms with Crippen molar-refractivity contribution in [3.63, 3.8) is 0 Å². The highest BCUT2D eigenvalue weighted by Gasteiger charge is 2.63. The van der Waals surface area contributed by atoms with E-state index in [0.717, 1.165) is 7.05 Å². The fourth-order valence-corrected chi connectivity index (χ4v) is 0.967. The lowest BCUT2D eigenvalue weighted by atomic mass is 10.2. The van der Waals surface area contributed by atoms with E-state index in [2.05, 4.69) is 5.10 Å². The number of nitrogens with zero attached hydrogens (tertiary/aromatic N) is 3. The molecular formula is C6H4F5N3O2. The van der Waals surface area contributed by atoms with E-state index >= 15 is 0 Å². The average Bonchev–Trinajstić information content (AvgIpc) is 2.45. The molecule has 0 N–H and O–H groups in total. The molecule has 16 heavy (non-hydrogen) atoms. The Morgan fingerprint density at radius 3 is 2.25 bits per heavy atom. The molecule has 10 heteroatoms. The van der Waals surface area contributed by atoms with Gasteiger partial charge in [-0.05, 0) is 0 Å². The van der Waals surface area contributed by atoms with Gasteiger partial charge < -0.3 is 0 Å². The molecule has 0 aliphatic carbocycles. The van der Waals surface area contributed by atoms with Crippen molar-refractivity contribution in [3.8, 4) is 0 Å². The van der Waals surface area contributed by atoms with Crippen LogP contribution in [0.2, 0.25) is 0 Å². The van der Waals surface area contributed by atoms with Gasteiger partial charge in [0.05, 0.1) is 4.92 Å². The number of alkyl halides is 5.